The third-order valence-electron chi connectivity index (χ3n) is 17.5. The van der Waals surface area contributed by atoms with Crippen molar-refractivity contribution < 1.29 is 28.6 Å². The van der Waals surface area contributed by atoms with Crippen LogP contribution in [0.2, 0.25) is 0 Å². The molecule has 0 bridgehead atoms. The Balaban J connectivity index is 4.28. The summed E-state index contributed by atoms with van der Waals surface area (Å²) in [5.41, 5.74) is 0. The van der Waals surface area contributed by atoms with Crippen LogP contribution in [0.25, 0.3) is 0 Å². The summed E-state index contributed by atoms with van der Waals surface area (Å²) in [5.74, 6) is -0.821. The molecule has 0 N–H and O–H groups in total. The molecule has 1 unspecified atom stereocenters. The Morgan fingerprint density at radius 2 is 0.402 bits per heavy atom. The minimum absolute atomic E-state index is 0.0624. The van der Waals surface area contributed by atoms with Crippen LogP contribution in [0.3, 0.4) is 0 Å². The van der Waals surface area contributed by atoms with Gasteiger partial charge in [0.2, 0.25) is 0 Å². The maximum atomic E-state index is 13.0. The highest BCUT2D eigenvalue weighted by Gasteiger charge is 2.20. The van der Waals surface area contributed by atoms with E-state index in [1.165, 1.54) is 340 Å². The van der Waals surface area contributed by atoms with Gasteiger partial charge in [-0.1, -0.05) is 386 Å². The van der Waals surface area contributed by atoms with Crippen molar-refractivity contribution in [3.8, 4) is 0 Å². The van der Waals surface area contributed by atoms with Crippen molar-refractivity contribution >= 4 is 17.9 Å². The first kappa shape index (κ1) is 80.2. The molecule has 0 saturated carbocycles. The van der Waals surface area contributed by atoms with Gasteiger partial charge in [0.25, 0.3) is 0 Å². The van der Waals surface area contributed by atoms with E-state index in [-0.39, 0.29) is 31.1 Å². The first-order valence-corrected chi connectivity index (χ1v) is 37.7. The van der Waals surface area contributed by atoms with Gasteiger partial charge in [-0.25, -0.2) is 0 Å². The summed E-state index contributed by atoms with van der Waals surface area (Å²) < 4.78 is 17.1. The third-order valence-corrected chi connectivity index (χ3v) is 17.5. The fraction of sp³-hybridized carbons (Fsp3) is 0.934. The first-order valence-electron chi connectivity index (χ1n) is 37.7. The van der Waals surface area contributed by atoms with Crippen molar-refractivity contribution in [2.24, 2.45) is 0 Å². The lowest BCUT2D eigenvalue weighted by atomic mass is 10.0. The van der Waals surface area contributed by atoms with Gasteiger partial charge < -0.3 is 14.2 Å². The second-order valence-corrected chi connectivity index (χ2v) is 25.9. The van der Waals surface area contributed by atoms with E-state index in [9.17, 15) is 14.4 Å². The summed E-state index contributed by atoms with van der Waals surface area (Å²) in [5, 5.41) is 0. The molecular weight excluding hydrogens is 1010 g/mol. The van der Waals surface area contributed by atoms with Gasteiger partial charge in [-0.2, -0.15) is 0 Å². The monoisotopic (exact) mass is 1160 g/mol. The Bertz CT molecular complexity index is 1280. The van der Waals surface area contributed by atoms with Crippen LogP contribution in [0.1, 0.15) is 438 Å². The van der Waals surface area contributed by atoms with E-state index in [4.69, 9.17) is 14.2 Å². The lowest BCUT2D eigenvalue weighted by molar-refractivity contribution is -0.167. The van der Waals surface area contributed by atoms with Crippen molar-refractivity contribution in [2.45, 2.75) is 444 Å². The Morgan fingerprint density at radius 1 is 0.232 bits per heavy atom. The molecule has 0 spiro atoms. The molecule has 0 aliphatic heterocycles. The Morgan fingerprint density at radius 3 is 0.610 bits per heavy atom. The van der Waals surface area contributed by atoms with Gasteiger partial charge in [0, 0.05) is 19.3 Å². The van der Waals surface area contributed by atoms with E-state index in [1.54, 1.807) is 0 Å². The molecule has 0 amide bonds. The normalized spacial score (nSPS) is 12.0. The van der Waals surface area contributed by atoms with E-state index in [0.29, 0.717) is 19.3 Å². The molecule has 0 aromatic carbocycles. The van der Waals surface area contributed by atoms with E-state index >= 15 is 0 Å². The second-order valence-electron chi connectivity index (χ2n) is 25.9. The summed E-state index contributed by atoms with van der Waals surface area (Å²) in [7, 11) is 0. The van der Waals surface area contributed by atoms with Gasteiger partial charge in [-0.15, -0.1) is 0 Å². The van der Waals surface area contributed by atoms with E-state index in [2.05, 4.69) is 32.9 Å². The number of hydrogen-bond donors (Lipinski definition) is 0. The van der Waals surface area contributed by atoms with E-state index < -0.39 is 6.10 Å². The molecular formula is C76H146O6. The summed E-state index contributed by atoms with van der Waals surface area (Å²) in [4.78, 5) is 38.6. The summed E-state index contributed by atoms with van der Waals surface area (Å²) >= 11 is 0. The van der Waals surface area contributed by atoms with Crippen LogP contribution in [0.4, 0.5) is 0 Å². The molecule has 0 aliphatic carbocycles. The molecule has 0 fully saturated rings. The van der Waals surface area contributed by atoms with Gasteiger partial charge in [0.1, 0.15) is 13.2 Å². The number of unbranched alkanes of at least 4 members (excludes halogenated alkanes) is 58. The van der Waals surface area contributed by atoms with Crippen molar-refractivity contribution in [2.75, 3.05) is 13.2 Å². The van der Waals surface area contributed by atoms with Crippen molar-refractivity contribution in [3.05, 3.63) is 12.2 Å². The second kappa shape index (κ2) is 71.6. The Labute approximate surface area is 513 Å². The SMILES string of the molecule is CCCCCCCCCC/C=C\CCCCCCCCCCCCCC(=O)OCC(COC(=O)CCCCCCCCCCCCCCCCCCCCCC)OC(=O)CCCCCCCCCCCCCCCCCCCCCCC. The number of rotatable bonds is 71. The molecule has 1 atom stereocenters. The molecule has 486 valence electrons. The maximum Gasteiger partial charge on any atom is 0.306 e. The van der Waals surface area contributed by atoms with Crippen LogP contribution < -0.4 is 0 Å². The van der Waals surface area contributed by atoms with Gasteiger partial charge in [0.05, 0.1) is 0 Å². The quantitative estimate of drug-likeness (QED) is 0.0261. The number of carbonyl (C=O) groups excluding carboxylic acids is 3. The maximum absolute atomic E-state index is 13.0. The molecule has 82 heavy (non-hydrogen) atoms. The summed E-state index contributed by atoms with van der Waals surface area (Å²) in [6.07, 6.45) is 86.8. The highest BCUT2D eigenvalue weighted by atomic mass is 16.6. The fourth-order valence-electron chi connectivity index (χ4n) is 11.9. The number of allylic oxidation sites excluding steroid dienone is 2. The lowest BCUT2D eigenvalue weighted by Crippen LogP contribution is -2.30. The van der Waals surface area contributed by atoms with Gasteiger partial charge in [0.15, 0.2) is 6.10 Å². The number of hydrogen-bond acceptors (Lipinski definition) is 6. The Hall–Kier alpha value is -1.85. The zero-order chi connectivity index (χ0) is 59.2. The standard InChI is InChI=1S/C76H146O6/c1-4-7-10-13-16-19-22-25-28-31-34-37-38-40-42-45-48-51-54-57-60-63-66-69-75(78)81-72-73(71-80-74(77)68-65-62-59-56-53-50-47-44-41-36-33-30-27-24-21-18-15-12-9-6-3)82-76(79)70-67-64-61-58-55-52-49-46-43-39-35-32-29-26-23-20-17-14-11-8-5-2/h31,34,73H,4-30,32-33,35-72H2,1-3H3/b34-31-. The summed E-state index contributed by atoms with van der Waals surface area (Å²) in [6, 6.07) is 0. The van der Waals surface area contributed by atoms with Crippen LogP contribution in [-0.4, -0.2) is 37.2 Å². The highest BCUT2D eigenvalue weighted by molar-refractivity contribution is 5.71. The average molecular weight is 1160 g/mol. The number of carbonyl (C=O) groups is 3. The van der Waals surface area contributed by atoms with Crippen molar-refractivity contribution in [1.29, 1.82) is 0 Å². The molecule has 0 aromatic heterocycles. The largest absolute Gasteiger partial charge is 0.462 e. The number of esters is 3. The number of ether oxygens (including phenoxy) is 3. The smallest absolute Gasteiger partial charge is 0.306 e. The van der Waals surface area contributed by atoms with Crippen LogP contribution in [0, 0.1) is 0 Å². The van der Waals surface area contributed by atoms with E-state index in [1.807, 2.05) is 0 Å². The van der Waals surface area contributed by atoms with Gasteiger partial charge in [-0.3, -0.25) is 14.4 Å². The first-order chi connectivity index (χ1) is 40.5. The van der Waals surface area contributed by atoms with Crippen LogP contribution in [-0.2, 0) is 28.6 Å². The van der Waals surface area contributed by atoms with E-state index in [0.717, 1.165) is 57.8 Å². The van der Waals surface area contributed by atoms with Crippen LogP contribution >= 0.6 is 0 Å². The zero-order valence-electron chi connectivity index (χ0n) is 56.1. The summed E-state index contributed by atoms with van der Waals surface area (Å²) in [6.45, 7) is 6.75. The molecule has 0 aliphatic rings. The molecule has 6 heteroatoms. The highest BCUT2D eigenvalue weighted by Crippen LogP contribution is 2.20. The Kier molecular flexibility index (Phi) is 70.0. The van der Waals surface area contributed by atoms with Gasteiger partial charge in [-0.05, 0) is 44.9 Å². The zero-order valence-corrected chi connectivity index (χ0v) is 56.1. The minimum Gasteiger partial charge on any atom is -0.462 e. The van der Waals surface area contributed by atoms with Crippen LogP contribution in [0.15, 0.2) is 12.2 Å². The van der Waals surface area contributed by atoms with Crippen molar-refractivity contribution in [1.82, 2.24) is 0 Å². The molecule has 0 heterocycles. The molecule has 0 radical (unpaired) electrons. The topological polar surface area (TPSA) is 78.9 Å². The average Bonchev–Trinajstić information content (AvgIpc) is 3.47. The van der Waals surface area contributed by atoms with Crippen molar-refractivity contribution in [3.63, 3.8) is 0 Å². The molecule has 6 nitrogen and oxygen atoms in total. The molecule has 0 aromatic rings. The third kappa shape index (κ3) is 68.9. The fourth-order valence-corrected chi connectivity index (χ4v) is 11.9. The predicted octanol–water partition coefficient (Wildman–Crippen LogP) is 26.0. The van der Waals surface area contributed by atoms with Crippen LogP contribution in [0.5, 0.6) is 0 Å². The lowest BCUT2D eigenvalue weighted by Gasteiger charge is -2.18. The van der Waals surface area contributed by atoms with Gasteiger partial charge >= 0.3 is 17.9 Å². The molecule has 0 rings (SSSR count). The molecule has 0 saturated heterocycles. The minimum atomic E-state index is -0.767. The predicted molar refractivity (Wildman–Crippen MR) is 358 cm³/mol.